The summed E-state index contributed by atoms with van der Waals surface area (Å²) in [4.78, 5) is 15.2. The zero-order chi connectivity index (χ0) is 17.7. The Balaban J connectivity index is 1.48. The Labute approximate surface area is 150 Å². The van der Waals surface area contributed by atoms with Crippen LogP contribution in [0.2, 0.25) is 0 Å². The highest BCUT2D eigenvalue weighted by atomic mass is 19.1. The molecule has 26 heavy (non-hydrogen) atoms. The fourth-order valence-electron chi connectivity index (χ4n) is 4.06. The van der Waals surface area contributed by atoms with Gasteiger partial charge in [0.05, 0.1) is 28.3 Å². The van der Waals surface area contributed by atoms with Crippen molar-refractivity contribution >= 4 is 16.6 Å². The monoisotopic (exact) mass is 349 g/mol. The number of aromatic amines is 1. The largest absolute Gasteiger partial charge is 0.341 e. The van der Waals surface area contributed by atoms with E-state index in [0.717, 1.165) is 59.8 Å². The first-order valence-electron chi connectivity index (χ1n) is 9.01. The molecule has 4 aromatic rings. The normalized spacial score (nSPS) is 18.3. The van der Waals surface area contributed by atoms with Crippen LogP contribution < -0.4 is 0 Å². The molecule has 5 rings (SSSR count). The van der Waals surface area contributed by atoms with Crippen LogP contribution in [0.25, 0.3) is 16.6 Å². The smallest absolute Gasteiger partial charge is 0.125 e. The highest BCUT2D eigenvalue weighted by Gasteiger charge is 2.29. The summed E-state index contributed by atoms with van der Waals surface area (Å²) in [5.41, 5.74) is 3.83. The third-order valence-corrected chi connectivity index (χ3v) is 5.30. The van der Waals surface area contributed by atoms with Crippen molar-refractivity contribution in [1.29, 1.82) is 0 Å². The highest BCUT2D eigenvalue weighted by molar-refractivity contribution is 5.75. The van der Waals surface area contributed by atoms with Gasteiger partial charge in [-0.05, 0) is 56.6 Å². The van der Waals surface area contributed by atoms with Gasteiger partial charge in [-0.2, -0.15) is 0 Å². The predicted molar refractivity (Wildman–Crippen MR) is 98.4 cm³/mol. The van der Waals surface area contributed by atoms with Crippen LogP contribution >= 0.6 is 0 Å². The van der Waals surface area contributed by atoms with E-state index in [9.17, 15) is 4.39 Å². The molecule has 1 aliphatic rings. The maximum atomic E-state index is 13.5. The van der Waals surface area contributed by atoms with E-state index in [-0.39, 0.29) is 11.9 Å². The zero-order valence-corrected chi connectivity index (χ0v) is 14.6. The number of likely N-dealkylation sites (tertiary alicyclic amines) is 1. The predicted octanol–water partition coefficient (Wildman–Crippen LogP) is 4.00. The lowest BCUT2D eigenvalue weighted by atomic mass is 10.2. The average Bonchev–Trinajstić information content (AvgIpc) is 3.33. The Morgan fingerprint density at radius 2 is 2.15 bits per heavy atom. The highest BCUT2D eigenvalue weighted by Crippen LogP contribution is 2.33. The van der Waals surface area contributed by atoms with Gasteiger partial charge in [0.2, 0.25) is 0 Å². The average molecular weight is 349 g/mol. The van der Waals surface area contributed by atoms with Crippen LogP contribution in [0.1, 0.15) is 36.2 Å². The Morgan fingerprint density at radius 1 is 1.23 bits per heavy atom. The Morgan fingerprint density at radius 3 is 3.08 bits per heavy atom. The molecule has 6 heteroatoms. The number of hydrogen-bond acceptors (Lipinski definition) is 3. The molecule has 5 nitrogen and oxygen atoms in total. The van der Waals surface area contributed by atoms with E-state index in [1.165, 1.54) is 12.1 Å². The van der Waals surface area contributed by atoms with E-state index < -0.39 is 0 Å². The standard InChI is InChI=1S/C20H20FN5/c1-13-22-17(18-5-2-3-10-26(13)18)12-25-9-4-6-19(25)20-23-15-8-7-14(21)11-16(15)24-20/h2-3,5,7-8,10-11,19H,4,6,9,12H2,1H3,(H,23,24). The van der Waals surface area contributed by atoms with Crippen LogP contribution in [0.15, 0.2) is 42.6 Å². The zero-order valence-electron chi connectivity index (χ0n) is 14.6. The third kappa shape index (κ3) is 2.49. The van der Waals surface area contributed by atoms with Crippen molar-refractivity contribution in [2.24, 2.45) is 0 Å². The number of nitrogens with zero attached hydrogens (tertiary/aromatic N) is 4. The van der Waals surface area contributed by atoms with Crippen LogP contribution in [0.3, 0.4) is 0 Å². The van der Waals surface area contributed by atoms with Crippen molar-refractivity contribution in [1.82, 2.24) is 24.3 Å². The van der Waals surface area contributed by atoms with Gasteiger partial charge in [0.25, 0.3) is 0 Å². The van der Waals surface area contributed by atoms with Gasteiger partial charge in [-0.3, -0.25) is 4.90 Å². The molecule has 1 saturated heterocycles. The van der Waals surface area contributed by atoms with Crippen molar-refractivity contribution in [2.75, 3.05) is 6.54 Å². The molecule has 0 amide bonds. The minimum Gasteiger partial charge on any atom is -0.341 e. The number of H-pyrrole nitrogens is 1. The van der Waals surface area contributed by atoms with Crippen LogP contribution in [0.4, 0.5) is 4.39 Å². The Bertz CT molecular complexity index is 1100. The van der Waals surface area contributed by atoms with Gasteiger partial charge in [0.15, 0.2) is 0 Å². The fourth-order valence-corrected chi connectivity index (χ4v) is 4.06. The topological polar surface area (TPSA) is 49.2 Å². The first-order valence-corrected chi connectivity index (χ1v) is 9.01. The molecule has 0 bridgehead atoms. The van der Waals surface area contributed by atoms with Crippen molar-refractivity contribution in [3.8, 4) is 0 Å². The maximum Gasteiger partial charge on any atom is 0.125 e. The summed E-state index contributed by atoms with van der Waals surface area (Å²) < 4.78 is 15.6. The molecule has 1 atom stereocenters. The van der Waals surface area contributed by atoms with Crippen LogP contribution in [0, 0.1) is 12.7 Å². The molecule has 1 aromatic carbocycles. The second kappa shape index (κ2) is 5.92. The molecule has 3 aromatic heterocycles. The molecule has 132 valence electrons. The molecular weight excluding hydrogens is 329 g/mol. The lowest BCUT2D eigenvalue weighted by Crippen LogP contribution is -2.23. The summed E-state index contributed by atoms with van der Waals surface area (Å²) in [5.74, 6) is 1.69. The van der Waals surface area contributed by atoms with Gasteiger partial charge in [0, 0.05) is 12.7 Å². The number of imidazole rings is 2. The number of aromatic nitrogens is 4. The van der Waals surface area contributed by atoms with Crippen LogP contribution in [-0.4, -0.2) is 30.8 Å². The molecule has 0 radical (unpaired) electrons. The number of halogens is 1. The van der Waals surface area contributed by atoms with Crippen molar-refractivity contribution in [3.63, 3.8) is 0 Å². The summed E-state index contributed by atoms with van der Waals surface area (Å²) in [5, 5.41) is 0. The fraction of sp³-hybridized carbons (Fsp3) is 0.300. The summed E-state index contributed by atoms with van der Waals surface area (Å²) in [6, 6.07) is 11.1. The van der Waals surface area contributed by atoms with E-state index in [4.69, 9.17) is 9.97 Å². The van der Waals surface area contributed by atoms with E-state index in [1.807, 2.05) is 13.0 Å². The van der Waals surface area contributed by atoms with Gasteiger partial charge in [-0.15, -0.1) is 0 Å². The molecule has 0 saturated carbocycles. The molecule has 1 fully saturated rings. The molecule has 1 N–H and O–H groups in total. The summed E-state index contributed by atoms with van der Waals surface area (Å²) in [7, 11) is 0. The molecule has 1 unspecified atom stereocenters. The number of hydrogen-bond donors (Lipinski definition) is 1. The van der Waals surface area contributed by atoms with Gasteiger partial charge < -0.3 is 9.38 Å². The number of rotatable bonds is 3. The van der Waals surface area contributed by atoms with Crippen molar-refractivity contribution in [3.05, 3.63) is 65.8 Å². The quantitative estimate of drug-likeness (QED) is 0.608. The van der Waals surface area contributed by atoms with Gasteiger partial charge in [-0.25, -0.2) is 14.4 Å². The summed E-state index contributed by atoms with van der Waals surface area (Å²) in [6.07, 6.45) is 4.23. The van der Waals surface area contributed by atoms with Crippen molar-refractivity contribution in [2.45, 2.75) is 32.4 Å². The molecule has 0 aliphatic carbocycles. The van der Waals surface area contributed by atoms with Crippen molar-refractivity contribution < 1.29 is 4.39 Å². The number of aryl methyl sites for hydroxylation is 1. The number of nitrogens with one attached hydrogen (secondary N) is 1. The SMILES string of the molecule is Cc1nc(CN2CCCC2c2nc3ccc(F)cc3[nH]2)c2ccccn12. The first kappa shape index (κ1) is 15.5. The second-order valence-corrected chi connectivity index (χ2v) is 6.97. The van der Waals surface area contributed by atoms with Gasteiger partial charge in [-0.1, -0.05) is 6.07 Å². The molecule has 4 heterocycles. The molecule has 1 aliphatic heterocycles. The van der Waals surface area contributed by atoms with Crippen LogP contribution in [-0.2, 0) is 6.54 Å². The number of pyridine rings is 1. The number of benzene rings is 1. The summed E-state index contributed by atoms with van der Waals surface area (Å²) in [6.45, 7) is 3.84. The Kier molecular flexibility index (Phi) is 3.53. The van der Waals surface area contributed by atoms with E-state index in [0.29, 0.717) is 0 Å². The van der Waals surface area contributed by atoms with E-state index >= 15 is 0 Å². The van der Waals surface area contributed by atoms with Gasteiger partial charge >= 0.3 is 0 Å². The minimum atomic E-state index is -0.240. The molecular formula is C20H20FN5. The van der Waals surface area contributed by atoms with Crippen LogP contribution in [0.5, 0.6) is 0 Å². The lowest BCUT2D eigenvalue weighted by molar-refractivity contribution is 0.239. The first-order chi connectivity index (χ1) is 12.7. The number of fused-ring (bicyclic) bond motifs is 2. The lowest BCUT2D eigenvalue weighted by Gasteiger charge is -2.22. The maximum absolute atomic E-state index is 13.5. The second-order valence-electron chi connectivity index (χ2n) is 6.97. The summed E-state index contributed by atoms with van der Waals surface area (Å²) >= 11 is 0. The van der Waals surface area contributed by atoms with E-state index in [1.54, 1.807) is 6.07 Å². The third-order valence-electron chi connectivity index (χ3n) is 5.30. The minimum absolute atomic E-state index is 0.214. The van der Waals surface area contributed by atoms with Gasteiger partial charge in [0.1, 0.15) is 17.5 Å². The Hall–Kier alpha value is -2.73. The van der Waals surface area contributed by atoms with E-state index in [2.05, 4.69) is 32.6 Å². The molecule has 0 spiro atoms.